The van der Waals surface area contributed by atoms with Gasteiger partial charge in [-0.3, -0.25) is 0 Å². The van der Waals surface area contributed by atoms with E-state index < -0.39 is 11.2 Å². The van der Waals surface area contributed by atoms with E-state index in [1.807, 2.05) is 185 Å². The average Bonchev–Trinajstić information content (AvgIpc) is 3.66. The van der Waals surface area contributed by atoms with Crippen molar-refractivity contribution in [3.8, 4) is 11.5 Å². The van der Waals surface area contributed by atoms with Crippen molar-refractivity contribution in [2.24, 2.45) is 0 Å². The van der Waals surface area contributed by atoms with Gasteiger partial charge < -0.3 is 34.2 Å². The first-order valence-corrected chi connectivity index (χ1v) is 18.6. The minimum absolute atomic E-state index is 0.362. The van der Waals surface area contributed by atoms with Crippen molar-refractivity contribution in [2.75, 3.05) is 62.3 Å². The molecular formula is C47H42N4O5. The summed E-state index contributed by atoms with van der Waals surface area (Å²) in [5.41, 5.74) is 9.05. The van der Waals surface area contributed by atoms with Crippen LogP contribution in [-0.2, 0) is 20.7 Å². The molecule has 1 spiro atoms. The van der Waals surface area contributed by atoms with Gasteiger partial charge in [0.2, 0.25) is 0 Å². The molecule has 0 amide bonds. The highest BCUT2D eigenvalue weighted by Crippen LogP contribution is 2.57. The van der Waals surface area contributed by atoms with E-state index >= 15 is 0 Å². The van der Waals surface area contributed by atoms with Crippen LogP contribution < -0.4 is 24.8 Å². The Bertz CT molecular complexity index is 2580. The summed E-state index contributed by atoms with van der Waals surface area (Å²) < 4.78 is 19.5. The van der Waals surface area contributed by atoms with Crippen LogP contribution in [0, 0.1) is 6.92 Å². The molecule has 0 fully saturated rings. The molecule has 3 aliphatic rings. The Morgan fingerprint density at radius 2 is 1.05 bits per heavy atom. The number of aryl methyl sites for hydroxylation is 1. The highest BCUT2D eigenvalue weighted by Gasteiger charge is 2.54. The first-order valence-electron chi connectivity index (χ1n) is 18.6. The van der Waals surface area contributed by atoms with E-state index in [0.29, 0.717) is 22.6 Å². The first kappa shape index (κ1) is 35.0. The fourth-order valence-corrected chi connectivity index (χ4v) is 8.28. The summed E-state index contributed by atoms with van der Waals surface area (Å²) in [4.78, 5) is 33.2. The Labute approximate surface area is 326 Å². The molecule has 0 aliphatic carbocycles. The molecule has 6 aromatic rings. The van der Waals surface area contributed by atoms with Gasteiger partial charge in [-0.15, -0.1) is 0 Å². The Balaban J connectivity index is 1.13. The van der Waals surface area contributed by atoms with Crippen LogP contribution in [0.4, 0.5) is 28.4 Å². The Hall–Kier alpha value is -6.74. The monoisotopic (exact) mass is 742 g/mol. The average molecular weight is 743 g/mol. The van der Waals surface area contributed by atoms with Crippen LogP contribution >= 0.6 is 0 Å². The maximum atomic E-state index is 13.6. The number of cyclic esters (lactones) is 1. The number of benzene rings is 6. The Morgan fingerprint density at radius 3 is 1.73 bits per heavy atom. The van der Waals surface area contributed by atoms with E-state index in [2.05, 4.69) is 5.32 Å². The van der Waals surface area contributed by atoms with E-state index in [0.717, 1.165) is 67.4 Å². The molecule has 1 N–H and O–H groups in total. The zero-order valence-electron chi connectivity index (χ0n) is 32.4. The van der Waals surface area contributed by atoms with E-state index in [1.165, 1.54) is 0 Å². The zero-order chi connectivity index (χ0) is 39.1. The van der Waals surface area contributed by atoms with Gasteiger partial charge in [-0.2, -0.15) is 0 Å². The van der Waals surface area contributed by atoms with Crippen molar-refractivity contribution in [3.63, 3.8) is 0 Å². The topological polar surface area (TPSA) is 83.6 Å². The molecule has 9 nitrogen and oxygen atoms in total. The molecule has 0 saturated carbocycles. The molecule has 0 bridgehead atoms. The highest BCUT2D eigenvalue weighted by molar-refractivity contribution is 5.98. The number of esters is 2. The Morgan fingerprint density at radius 1 is 0.500 bits per heavy atom. The fourth-order valence-electron chi connectivity index (χ4n) is 8.28. The van der Waals surface area contributed by atoms with Gasteiger partial charge in [0, 0.05) is 110 Å². The van der Waals surface area contributed by atoms with Crippen molar-refractivity contribution in [1.82, 2.24) is 0 Å². The standard InChI is InChI=1S/C47H42N4O5/c1-28-24-42-40(47(37-11-9-8-10-35(37)44(52)56-47)38-23-21-34(51(6)7)26-43(38)54-42)27-41(28)48-31-16-12-29(13-17-31)46(30-14-18-32(19-15-30)49(2)3)39-25-33(50(4)5)20-22-36(39)45(53)55-46/h8-27,48H,1-7H3. The molecule has 6 aromatic carbocycles. The number of ether oxygens (including phenoxy) is 3. The normalized spacial score (nSPS) is 18.6. The van der Waals surface area contributed by atoms with Crippen molar-refractivity contribution in [3.05, 3.63) is 171 Å². The summed E-state index contributed by atoms with van der Waals surface area (Å²) in [6.07, 6.45) is 0. The van der Waals surface area contributed by atoms with Gasteiger partial charge in [-0.1, -0.05) is 42.5 Å². The van der Waals surface area contributed by atoms with Crippen molar-refractivity contribution >= 4 is 40.4 Å². The lowest BCUT2D eigenvalue weighted by atomic mass is 9.77. The number of hydrogen-bond acceptors (Lipinski definition) is 9. The lowest BCUT2D eigenvalue weighted by Crippen LogP contribution is -2.33. The summed E-state index contributed by atoms with van der Waals surface area (Å²) in [6.45, 7) is 2.02. The molecule has 56 heavy (non-hydrogen) atoms. The van der Waals surface area contributed by atoms with E-state index in [1.54, 1.807) is 0 Å². The molecule has 0 saturated heterocycles. The predicted octanol–water partition coefficient (Wildman–Crippen LogP) is 8.97. The molecule has 0 aromatic heterocycles. The van der Waals surface area contributed by atoms with Gasteiger partial charge >= 0.3 is 11.9 Å². The first-order chi connectivity index (χ1) is 26.9. The third-order valence-electron chi connectivity index (χ3n) is 11.3. The largest absolute Gasteiger partial charge is 0.456 e. The lowest BCUT2D eigenvalue weighted by Gasteiger charge is -2.37. The third kappa shape index (κ3) is 5.14. The van der Waals surface area contributed by atoms with E-state index in [4.69, 9.17) is 14.2 Å². The lowest BCUT2D eigenvalue weighted by molar-refractivity contribution is 0.0221. The molecule has 3 heterocycles. The van der Waals surface area contributed by atoms with Gasteiger partial charge in [0.05, 0.1) is 11.1 Å². The van der Waals surface area contributed by atoms with Gasteiger partial charge in [0.15, 0.2) is 11.2 Å². The van der Waals surface area contributed by atoms with E-state index in [9.17, 15) is 9.59 Å². The molecule has 3 aliphatic heterocycles. The minimum atomic E-state index is -1.20. The SMILES string of the molecule is Cc1cc2c(cc1Nc1ccc(C3(c4ccc(N(C)C)cc4)OC(=O)c4ccc(N(C)C)cc43)cc1)C1(OC(=O)c3ccccc31)c1ccc(N(C)C)cc1O2. The van der Waals surface area contributed by atoms with Crippen molar-refractivity contribution in [2.45, 2.75) is 18.1 Å². The number of hydrogen-bond donors (Lipinski definition) is 1. The number of carbonyl (C=O) groups is 2. The summed E-state index contributed by atoms with van der Waals surface area (Å²) >= 11 is 0. The number of rotatable bonds is 7. The number of nitrogens with one attached hydrogen (secondary N) is 1. The van der Waals surface area contributed by atoms with Crippen LogP contribution in [0.1, 0.15) is 59.7 Å². The molecule has 9 heteroatoms. The van der Waals surface area contributed by atoms with Gasteiger partial charge in [-0.25, -0.2) is 9.59 Å². The highest BCUT2D eigenvalue weighted by atomic mass is 16.6. The summed E-state index contributed by atoms with van der Waals surface area (Å²) in [7, 11) is 11.9. The molecule has 280 valence electrons. The quantitative estimate of drug-likeness (QED) is 0.161. The minimum Gasteiger partial charge on any atom is -0.456 e. The number of anilines is 5. The van der Waals surface area contributed by atoms with Crippen LogP contribution in [0.15, 0.2) is 121 Å². The van der Waals surface area contributed by atoms with Gasteiger partial charge in [0.1, 0.15) is 11.5 Å². The van der Waals surface area contributed by atoms with Crippen molar-refractivity contribution < 1.29 is 23.8 Å². The van der Waals surface area contributed by atoms with Crippen LogP contribution in [0.3, 0.4) is 0 Å². The second-order valence-corrected chi connectivity index (χ2v) is 15.3. The number of nitrogens with zero attached hydrogens (tertiary/aromatic N) is 3. The smallest absolute Gasteiger partial charge is 0.340 e. The number of carbonyl (C=O) groups excluding carboxylic acids is 2. The van der Waals surface area contributed by atoms with Crippen LogP contribution in [-0.4, -0.2) is 54.2 Å². The zero-order valence-corrected chi connectivity index (χ0v) is 32.4. The maximum absolute atomic E-state index is 13.6. The molecule has 2 atom stereocenters. The third-order valence-corrected chi connectivity index (χ3v) is 11.3. The molecule has 9 rings (SSSR count). The van der Waals surface area contributed by atoms with Crippen molar-refractivity contribution in [1.29, 1.82) is 0 Å². The molecular weight excluding hydrogens is 701 g/mol. The summed E-state index contributed by atoms with van der Waals surface area (Å²) in [6, 6.07) is 39.6. The Kier molecular flexibility index (Phi) is 7.91. The molecule has 0 radical (unpaired) electrons. The second kappa shape index (κ2) is 12.7. The van der Waals surface area contributed by atoms with Gasteiger partial charge in [-0.05, 0) is 85.3 Å². The van der Waals surface area contributed by atoms with Crippen LogP contribution in [0.25, 0.3) is 0 Å². The second-order valence-electron chi connectivity index (χ2n) is 15.3. The maximum Gasteiger partial charge on any atom is 0.340 e. The number of fused-ring (bicyclic) bond motifs is 7. The molecule has 2 unspecified atom stereocenters. The van der Waals surface area contributed by atoms with Crippen LogP contribution in [0.2, 0.25) is 0 Å². The summed E-state index contributed by atoms with van der Waals surface area (Å²) in [5.74, 6) is 0.524. The summed E-state index contributed by atoms with van der Waals surface area (Å²) in [5, 5.41) is 3.63. The fraction of sp³-hybridized carbons (Fsp3) is 0.191. The van der Waals surface area contributed by atoms with Crippen LogP contribution in [0.5, 0.6) is 11.5 Å². The van der Waals surface area contributed by atoms with E-state index in [-0.39, 0.29) is 11.9 Å². The van der Waals surface area contributed by atoms with Gasteiger partial charge in [0.25, 0.3) is 0 Å². The predicted molar refractivity (Wildman–Crippen MR) is 220 cm³/mol.